The molecule has 0 saturated carbocycles. The van der Waals surface area contributed by atoms with Crippen molar-refractivity contribution in [2.45, 2.75) is 144 Å². The van der Waals surface area contributed by atoms with Crippen molar-refractivity contribution in [1.82, 2.24) is 42.9 Å². The normalized spacial score (nSPS) is 16.3. The Morgan fingerprint density at radius 2 is 1.00 bits per heavy atom. The van der Waals surface area contributed by atoms with Crippen LogP contribution in [0.5, 0.6) is 0 Å². The molecule has 73 heavy (non-hydrogen) atoms. The highest BCUT2D eigenvalue weighted by Gasteiger charge is 2.31. The highest BCUT2D eigenvalue weighted by Crippen LogP contribution is 2.32. The molecule has 3 aromatic heterocycles. The fourth-order valence-electron chi connectivity index (χ4n) is 10.0. The summed E-state index contributed by atoms with van der Waals surface area (Å²) in [5, 5.41) is 33.3. The van der Waals surface area contributed by atoms with E-state index in [2.05, 4.69) is 92.6 Å². The number of anilines is 1. The lowest BCUT2D eigenvalue weighted by Crippen LogP contribution is -2.43. The van der Waals surface area contributed by atoms with Gasteiger partial charge in [-0.2, -0.15) is 15.8 Å². The number of likely N-dealkylation sites (tertiary alicyclic amines) is 2. The number of rotatable bonds is 6. The first kappa shape index (κ1) is 54.8. The average molecular weight is 996 g/mol. The SMILES string of the molecule is C.CC(C)(C)OC(=O)N1CCC(n2c(NC#N)nc3ccccc32)CC1.CCn1c(=NC#N)n(C2CCN(C(=O)OC(C)(C)C)CC2)c2ccccc21.CCn1c(=NC#N)n(C2CCNCC2)c2ccccc21. The summed E-state index contributed by atoms with van der Waals surface area (Å²) < 4.78 is 21.6. The molecule has 0 aliphatic carbocycles. The van der Waals surface area contributed by atoms with Crippen molar-refractivity contribution in [3.05, 3.63) is 84.0 Å². The second-order valence-electron chi connectivity index (χ2n) is 20.1. The van der Waals surface area contributed by atoms with E-state index in [9.17, 15) is 14.9 Å². The Kier molecular flexibility index (Phi) is 18.2. The van der Waals surface area contributed by atoms with Gasteiger partial charge in [0, 0.05) is 57.4 Å². The zero-order valence-electron chi connectivity index (χ0n) is 43.0. The van der Waals surface area contributed by atoms with E-state index >= 15 is 0 Å². The van der Waals surface area contributed by atoms with Crippen molar-refractivity contribution in [1.29, 1.82) is 15.8 Å². The Labute approximate surface area is 428 Å². The first-order valence-electron chi connectivity index (χ1n) is 25.1. The Balaban J connectivity index is 0.000000179. The third-order valence-electron chi connectivity index (χ3n) is 13.1. The number of carbonyl (C=O) groups is 2. The van der Waals surface area contributed by atoms with Gasteiger partial charge in [0.1, 0.15) is 11.2 Å². The summed E-state index contributed by atoms with van der Waals surface area (Å²) in [6, 6.07) is 25.1. The standard InChI is InChI=1S/C20H27N5O2.C18H23N5O2.C15H19N5.CH4/c1-5-24-16-8-6-7-9-17(16)25(18(24)22-14-21)15-10-12-23(13-11-15)19(26)27-20(2,3)4;1-18(2,3)25-17(24)22-10-8-13(9-11-22)23-15-7-5-4-6-14(15)21-16(23)20-12-19;1-2-19-13-5-3-4-6-14(13)20(15(19)18-11-16)12-7-9-17-10-8-12;/h6-9,15H,5,10-13H2,1-4H3;4-7,13H,8-11H2,1-3H3,(H,20,21);3-6,12,17H,2,7-10H2,1H3;1H4. The number of imidazole rings is 3. The fourth-order valence-corrected chi connectivity index (χ4v) is 10.0. The van der Waals surface area contributed by atoms with Crippen LogP contribution in [-0.4, -0.2) is 100 Å². The summed E-state index contributed by atoms with van der Waals surface area (Å²) in [6.45, 7) is 21.5. The predicted octanol–water partition coefficient (Wildman–Crippen LogP) is 9.32. The molecule has 0 atom stereocenters. The van der Waals surface area contributed by atoms with Crippen LogP contribution >= 0.6 is 0 Å². The molecule has 3 fully saturated rings. The number of nitrogens with zero attached hydrogens (tertiary/aromatic N) is 13. The van der Waals surface area contributed by atoms with E-state index in [1.807, 2.05) is 103 Å². The van der Waals surface area contributed by atoms with Gasteiger partial charge in [-0.05, 0) is 143 Å². The molecule has 3 saturated heterocycles. The Morgan fingerprint density at radius 3 is 1.40 bits per heavy atom. The first-order valence-corrected chi connectivity index (χ1v) is 25.1. The lowest BCUT2D eigenvalue weighted by Gasteiger charge is -2.34. The molecular weight excluding hydrogens is 923 g/mol. The van der Waals surface area contributed by atoms with Gasteiger partial charge < -0.3 is 47.4 Å². The van der Waals surface area contributed by atoms with Crippen molar-refractivity contribution in [3.63, 3.8) is 0 Å². The fraction of sp³-hybridized carbons (Fsp3) is 0.519. The number of amides is 2. The van der Waals surface area contributed by atoms with E-state index < -0.39 is 11.2 Å². The summed E-state index contributed by atoms with van der Waals surface area (Å²) in [4.78, 5) is 40.8. The maximum atomic E-state index is 12.3. The average Bonchev–Trinajstić information content (AvgIpc) is 4.00. The molecule has 0 unspecified atom stereocenters. The predicted molar refractivity (Wildman–Crippen MR) is 283 cm³/mol. The van der Waals surface area contributed by atoms with E-state index in [1.54, 1.807) is 9.80 Å². The number of benzene rings is 3. The molecule has 0 spiro atoms. The van der Waals surface area contributed by atoms with Gasteiger partial charge in [0.2, 0.25) is 29.6 Å². The molecule has 0 radical (unpaired) electrons. The van der Waals surface area contributed by atoms with Gasteiger partial charge in [-0.1, -0.05) is 43.8 Å². The van der Waals surface area contributed by atoms with E-state index in [0.717, 1.165) is 97.9 Å². The molecule has 19 heteroatoms. The molecule has 6 heterocycles. The van der Waals surface area contributed by atoms with Crippen LogP contribution in [0.1, 0.15) is 119 Å². The smallest absolute Gasteiger partial charge is 0.410 e. The summed E-state index contributed by atoms with van der Waals surface area (Å²) in [5.74, 6) is 0.555. The van der Waals surface area contributed by atoms with Crippen LogP contribution in [0.15, 0.2) is 82.8 Å². The minimum atomic E-state index is -0.490. The number of aromatic nitrogens is 6. The number of nitrogens with one attached hydrogen (secondary N) is 2. The van der Waals surface area contributed by atoms with E-state index in [-0.39, 0.29) is 31.7 Å². The van der Waals surface area contributed by atoms with Crippen molar-refractivity contribution >= 4 is 51.2 Å². The third-order valence-corrected chi connectivity index (χ3v) is 13.1. The summed E-state index contributed by atoms with van der Waals surface area (Å²) >= 11 is 0. The lowest BCUT2D eigenvalue weighted by molar-refractivity contribution is 0.0178. The number of para-hydroxylation sites is 6. The third kappa shape index (κ3) is 12.7. The molecule has 3 aliphatic heterocycles. The zero-order valence-corrected chi connectivity index (χ0v) is 43.0. The number of nitriles is 3. The van der Waals surface area contributed by atoms with Crippen molar-refractivity contribution in [3.8, 4) is 18.6 Å². The molecule has 2 N–H and O–H groups in total. The van der Waals surface area contributed by atoms with Gasteiger partial charge in [-0.3, -0.25) is 5.32 Å². The first-order chi connectivity index (χ1) is 34.6. The largest absolute Gasteiger partial charge is 0.444 e. The Hall–Kier alpha value is -7.56. The summed E-state index contributed by atoms with van der Waals surface area (Å²) in [7, 11) is 0. The van der Waals surface area contributed by atoms with Crippen LogP contribution in [0.2, 0.25) is 0 Å². The van der Waals surface area contributed by atoms with Crippen LogP contribution in [0.25, 0.3) is 33.1 Å². The van der Waals surface area contributed by atoms with Crippen molar-refractivity contribution in [2.75, 3.05) is 44.6 Å². The lowest BCUT2D eigenvalue weighted by atomic mass is 10.0. The molecule has 3 aliphatic rings. The quantitative estimate of drug-likeness (QED) is 0.119. The van der Waals surface area contributed by atoms with Gasteiger partial charge >= 0.3 is 12.2 Å². The number of piperidine rings is 3. The van der Waals surface area contributed by atoms with Crippen LogP contribution in [0.4, 0.5) is 15.5 Å². The zero-order chi connectivity index (χ0) is 51.6. The Morgan fingerprint density at radius 1 is 0.616 bits per heavy atom. The highest BCUT2D eigenvalue weighted by atomic mass is 16.6. The highest BCUT2D eigenvalue weighted by molar-refractivity contribution is 5.79. The number of hydrogen-bond donors (Lipinski definition) is 2. The van der Waals surface area contributed by atoms with E-state index in [1.165, 1.54) is 5.52 Å². The number of aryl methyl sites for hydroxylation is 2. The van der Waals surface area contributed by atoms with Crippen LogP contribution in [0.3, 0.4) is 0 Å². The molecule has 3 aromatic carbocycles. The van der Waals surface area contributed by atoms with Gasteiger partial charge in [0.05, 0.1) is 33.1 Å². The van der Waals surface area contributed by atoms with Gasteiger partial charge in [-0.25, -0.2) is 14.6 Å². The minimum absolute atomic E-state index is 0. The second-order valence-corrected chi connectivity index (χ2v) is 20.1. The number of carbonyl (C=O) groups excluding carboxylic acids is 2. The number of fused-ring (bicyclic) bond motifs is 3. The molecular formula is C54H73N15O4. The molecule has 19 nitrogen and oxygen atoms in total. The molecule has 6 aromatic rings. The minimum Gasteiger partial charge on any atom is -0.444 e. The van der Waals surface area contributed by atoms with Crippen LogP contribution in [-0.2, 0) is 22.6 Å². The molecule has 388 valence electrons. The molecule has 2 amide bonds. The maximum absolute atomic E-state index is 12.3. The molecule has 9 rings (SSSR count). The van der Waals surface area contributed by atoms with E-state index in [0.29, 0.717) is 43.8 Å². The number of hydrogen-bond acceptors (Lipinski definition) is 12. The number of ether oxygens (including phenoxy) is 2. The maximum Gasteiger partial charge on any atom is 0.410 e. The van der Waals surface area contributed by atoms with Gasteiger partial charge in [0.25, 0.3) is 0 Å². The van der Waals surface area contributed by atoms with Gasteiger partial charge in [0.15, 0.2) is 6.19 Å². The van der Waals surface area contributed by atoms with Crippen LogP contribution < -0.4 is 21.9 Å². The van der Waals surface area contributed by atoms with Crippen LogP contribution in [0, 0.1) is 34.4 Å². The van der Waals surface area contributed by atoms with E-state index in [4.69, 9.17) is 20.0 Å². The monoisotopic (exact) mass is 996 g/mol. The topological polar surface area (TPSA) is 217 Å². The second kappa shape index (κ2) is 24.2. The van der Waals surface area contributed by atoms with Crippen molar-refractivity contribution < 1.29 is 19.1 Å². The van der Waals surface area contributed by atoms with Crippen molar-refractivity contribution in [2.24, 2.45) is 9.98 Å². The summed E-state index contributed by atoms with van der Waals surface area (Å²) in [5.41, 5.74) is 6.81. The summed E-state index contributed by atoms with van der Waals surface area (Å²) in [6.07, 6.45) is 10.7. The van der Waals surface area contributed by atoms with Gasteiger partial charge in [-0.15, -0.1) is 9.98 Å². The molecule has 0 bridgehead atoms. The Bertz CT molecular complexity index is 3120.